The Kier molecular flexibility index (Phi) is 6.72. The van der Waals surface area contributed by atoms with Crippen LogP contribution in [0.4, 0.5) is 11.5 Å². The molecule has 0 saturated carbocycles. The summed E-state index contributed by atoms with van der Waals surface area (Å²) >= 11 is 6.60. The number of halogens is 1. The second kappa shape index (κ2) is 9.51. The molecule has 0 bridgehead atoms. The van der Waals surface area contributed by atoms with Gasteiger partial charge in [0.2, 0.25) is 0 Å². The predicted molar refractivity (Wildman–Crippen MR) is 134 cm³/mol. The number of nitrogens with one attached hydrogen (secondary N) is 2. The summed E-state index contributed by atoms with van der Waals surface area (Å²) in [6.45, 7) is 9.61. The maximum Gasteiger partial charge on any atom is 0.253 e. The van der Waals surface area contributed by atoms with E-state index in [1.54, 1.807) is 0 Å². The van der Waals surface area contributed by atoms with Gasteiger partial charge in [0.25, 0.3) is 5.56 Å². The van der Waals surface area contributed by atoms with Gasteiger partial charge in [-0.3, -0.25) is 4.79 Å². The quantitative estimate of drug-likeness (QED) is 0.565. The smallest absolute Gasteiger partial charge is 0.253 e. The minimum atomic E-state index is -0.0617. The molecule has 0 radical (unpaired) electrons. The Morgan fingerprint density at radius 2 is 1.97 bits per heavy atom. The van der Waals surface area contributed by atoms with Gasteiger partial charge in [-0.05, 0) is 83.6 Å². The summed E-state index contributed by atoms with van der Waals surface area (Å²) < 4.78 is 0. The molecule has 2 aromatic heterocycles. The molecule has 1 aliphatic rings. The molecule has 170 valence electrons. The van der Waals surface area contributed by atoms with Crippen molar-refractivity contribution in [3.05, 3.63) is 62.7 Å². The Morgan fingerprint density at radius 1 is 1.22 bits per heavy atom. The second-order valence-electron chi connectivity index (χ2n) is 8.80. The van der Waals surface area contributed by atoms with Gasteiger partial charge in [0.05, 0.1) is 0 Å². The number of aryl methyl sites for hydroxylation is 2. The van der Waals surface area contributed by atoms with Crippen LogP contribution in [0.15, 0.2) is 35.3 Å². The lowest BCUT2D eigenvalue weighted by atomic mass is 10.0. The fraction of sp³-hybridized carbons (Fsp3) is 0.440. The highest BCUT2D eigenvalue weighted by atomic mass is 35.5. The molecule has 6 nitrogen and oxygen atoms in total. The van der Waals surface area contributed by atoms with E-state index in [0.29, 0.717) is 17.6 Å². The topological polar surface area (TPSA) is 64.3 Å². The molecule has 0 spiro atoms. The molecule has 0 aliphatic carbocycles. The average Bonchev–Trinajstić information content (AvgIpc) is 2.75. The van der Waals surface area contributed by atoms with Gasteiger partial charge in [0.15, 0.2) is 0 Å². The molecule has 0 unspecified atom stereocenters. The van der Waals surface area contributed by atoms with Gasteiger partial charge in [0, 0.05) is 58.1 Å². The zero-order valence-corrected chi connectivity index (χ0v) is 20.1. The third-order valence-corrected chi connectivity index (χ3v) is 6.75. The highest BCUT2D eigenvalue weighted by Crippen LogP contribution is 2.36. The first-order chi connectivity index (χ1) is 15.4. The molecule has 2 N–H and O–H groups in total. The van der Waals surface area contributed by atoms with Gasteiger partial charge in [-0.15, -0.1) is 0 Å². The number of hydrogen-bond acceptors (Lipinski definition) is 5. The number of piperidine rings is 1. The standard InChI is InChI=1S/C25H32ClN5O/c1-5-31(19-7-10-30(4)11-8-19)23-14-18(26)13-21-20(23)6-9-27-24(21)28-15-22-16(2)12-17(3)29-25(22)32/h6,9,12-14,19H,5,7-8,10-11,15H2,1-4H3,(H,27,28)(H,29,32). The number of nitrogens with zero attached hydrogens (tertiary/aromatic N) is 3. The third-order valence-electron chi connectivity index (χ3n) is 6.53. The number of likely N-dealkylation sites (tertiary alicyclic amines) is 1. The van der Waals surface area contributed by atoms with Gasteiger partial charge >= 0.3 is 0 Å². The van der Waals surface area contributed by atoms with Gasteiger partial charge in [-0.25, -0.2) is 4.98 Å². The summed E-state index contributed by atoms with van der Waals surface area (Å²) in [6, 6.07) is 8.59. The molecular weight excluding hydrogens is 422 g/mol. The molecule has 4 rings (SSSR count). The Balaban J connectivity index is 1.69. The Morgan fingerprint density at radius 3 is 2.66 bits per heavy atom. The van der Waals surface area contributed by atoms with E-state index in [2.05, 4.69) is 51.2 Å². The number of hydrogen-bond donors (Lipinski definition) is 2. The summed E-state index contributed by atoms with van der Waals surface area (Å²) in [5, 5.41) is 6.18. The largest absolute Gasteiger partial charge is 0.368 e. The number of fused-ring (bicyclic) bond motifs is 1. The average molecular weight is 454 g/mol. The highest BCUT2D eigenvalue weighted by molar-refractivity contribution is 6.32. The maximum absolute atomic E-state index is 12.4. The summed E-state index contributed by atoms with van der Waals surface area (Å²) in [5.41, 5.74) is 3.65. The van der Waals surface area contributed by atoms with Crippen LogP contribution in [0.1, 0.15) is 36.6 Å². The molecule has 1 aromatic carbocycles. The van der Waals surface area contributed by atoms with Crippen molar-refractivity contribution in [2.45, 2.75) is 46.2 Å². The fourth-order valence-corrected chi connectivity index (χ4v) is 5.03. The van der Waals surface area contributed by atoms with Crippen LogP contribution < -0.4 is 15.8 Å². The van der Waals surface area contributed by atoms with Gasteiger partial charge < -0.3 is 20.1 Å². The Bertz CT molecular complexity index is 1170. The van der Waals surface area contributed by atoms with E-state index in [1.165, 1.54) is 0 Å². The summed E-state index contributed by atoms with van der Waals surface area (Å²) in [7, 11) is 2.19. The second-order valence-corrected chi connectivity index (χ2v) is 9.23. The van der Waals surface area contributed by atoms with E-state index in [0.717, 1.165) is 71.6 Å². The van der Waals surface area contributed by atoms with Crippen molar-refractivity contribution in [3.8, 4) is 0 Å². The van der Waals surface area contributed by atoms with Crippen molar-refractivity contribution in [1.82, 2.24) is 14.9 Å². The van der Waals surface area contributed by atoms with Crippen LogP contribution in [-0.4, -0.2) is 47.6 Å². The first-order valence-corrected chi connectivity index (χ1v) is 11.7. The van der Waals surface area contributed by atoms with Gasteiger partial charge in [-0.1, -0.05) is 11.6 Å². The van der Waals surface area contributed by atoms with E-state index < -0.39 is 0 Å². The van der Waals surface area contributed by atoms with Crippen molar-refractivity contribution in [2.24, 2.45) is 0 Å². The maximum atomic E-state index is 12.4. The van der Waals surface area contributed by atoms with Crippen LogP contribution in [-0.2, 0) is 6.54 Å². The third kappa shape index (κ3) is 4.62. The monoisotopic (exact) mass is 453 g/mol. The summed E-state index contributed by atoms with van der Waals surface area (Å²) in [5.74, 6) is 0.741. The number of H-pyrrole nitrogens is 1. The zero-order valence-electron chi connectivity index (χ0n) is 19.3. The van der Waals surface area contributed by atoms with Gasteiger partial charge in [-0.2, -0.15) is 0 Å². The number of aromatic nitrogens is 2. The molecule has 7 heteroatoms. The van der Waals surface area contributed by atoms with E-state index in [4.69, 9.17) is 11.6 Å². The molecule has 0 amide bonds. The fourth-order valence-electron chi connectivity index (χ4n) is 4.81. The molecule has 3 heterocycles. The zero-order chi connectivity index (χ0) is 22.8. The normalized spacial score (nSPS) is 15.3. The Labute approximate surface area is 194 Å². The van der Waals surface area contributed by atoms with Crippen molar-refractivity contribution in [2.75, 3.05) is 36.9 Å². The first-order valence-electron chi connectivity index (χ1n) is 11.3. The summed E-state index contributed by atoms with van der Waals surface area (Å²) in [6.07, 6.45) is 4.12. The van der Waals surface area contributed by atoms with Gasteiger partial charge in [0.1, 0.15) is 5.82 Å². The van der Waals surface area contributed by atoms with Crippen molar-refractivity contribution < 1.29 is 0 Å². The number of benzene rings is 1. The lowest BCUT2D eigenvalue weighted by Gasteiger charge is -2.39. The summed E-state index contributed by atoms with van der Waals surface area (Å²) in [4.78, 5) is 24.8. The van der Waals surface area contributed by atoms with E-state index in [9.17, 15) is 4.79 Å². The molecular formula is C25H32ClN5O. The van der Waals surface area contributed by atoms with Crippen LogP contribution in [0.25, 0.3) is 10.8 Å². The molecule has 32 heavy (non-hydrogen) atoms. The number of aromatic amines is 1. The Hall–Kier alpha value is -2.57. The number of anilines is 2. The molecule has 0 atom stereocenters. The van der Waals surface area contributed by atoms with E-state index in [1.807, 2.05) is 32.2 Å². The molecule has 1 saturated heterocycles. The first kappa shape index (κ1) is 22.6. The number of pyridine rings is 2. The van der Waals surface area contributed by atoms with Crippen LogP contribution in [0.3, 0.4) is 0 Å². The predicted octanol–water partition coefficient (Wildman–Crippen LogP) is 4.73. The minimum Gasteiger partial charge on any atom is -0.368 e. The van der Waals surface area contributed by atoms with E-state index in [-0.39, 0.29) is 5.56 Å². The lowest BCUT2D eigenvalue weighted by molar-refractivity contribution is 0.250. The van der Waals surface area contributed by atoms with Crippen LogP contribution >= 0.6 is 11.6 Å². The highest BCUT2D eigenvalue weighted by Gasteiger charge is 2.24. The van der Waals surface area contributed by atoms with Crippen LogP contribution in [0.2, 0.25) is 5.02 Å². The minimum absolute atomic E-state index is 0.0617. The molecule has 3 aromatic rings. The van der Waals surface area contributed by atoms with Crippen molar-refractivity contribution >= 4 is 33.9 Å². The van der Waals surface area contributed by atoms with Crippen LogP contribution in [0.5, 0.6) is 0 Å². The SMILES string of the molecule is CCN(c1cc(Cl)cc2c(NCc3c(C)cc(C)[nH]c3=O)nccc12)C1CCN(C)CC1. The molecule has 1 aliphatic heterocycles. The van der Waals surface area contributed by atoms with Crippen molar-refractivity contribution in [3.63, 3.8) is 0 Å². The molecule has 1 fully saturated rings. The number of rotatable bonds is 6. The van der Waals surface area contributed by atoms with Crippen LogP contribution in [0, 0.1) is 13.8 Å². The van der Waals surface area contributed by atoms with E-state index >= 15 is 0 Å². The lowest BCUT2D eigenvalue weighted by Crippen LogP contribution is -2.43. The van der Waals surface area contributed by atoms with Crippen molar-refractivity contribution in [1.29, 1.82) is 0 Å².